The summed E-state index contributed by atoms with van der Waals surface area (Å²) in [6, 6.07) is 0. The fourth-order valence-electron chi connectivity index (χ4n) is 1.14. The van der Waals surface area contributed by atoms with Crippen molar-refractivity contribution in [1.29, 1.82) is 0 Å². The van der Waals surface area contributed by atoms with Gasteiger partial charge in [0, 0.05) is 12.1 Å². The first-order valence-electron chi connectivity index (χ1n) is 4.80. The number of hydrogen-bond acceptors (Lipinski definition) is 2. The number of amides is 1. The van der Waals surface area contributed by atoms with E-state index in [4.69, 9.17) is 5.73 Å². The van der Waals surface area contributed by atoms with Crippen LogP contribution >= 0.6 is 0 Å². The lowest BCUT2D eigenvalue weighted by Crippen LogP contribution is -2.46. The van der Waals surface area contributed by atoms with E-state index in [2.05, 4.69) is 5.32 Å². The molecular weight excluding hydrogens is 164 g/mol. The smallest absolute Gasteiger partial charge is 0.225 e. The van der Waals surface area contributed by atoms with Gasteiger partial charge in [-0.15, -0.1) is 0 Å². The predicted molar refractivity (Wildman–Crippen MR) is 55.3 cm³/mol. The maximum atomic E-state index is 11.6. The van der Waals surface area contributed by atoms with Crippen molar-refractivity contribution in [3.05, 3.63) is 0 Å². The molecule has 0 saturated carbocycles. The minimum atomic E-state index is -0.167. The molecule has 0 radical (unpaired) electrons. The minimum absolute atomic E-state index is 0.0602. The Morgan fingerprint density at radius 3 is 2.08 bits per heavy atom. The molecule has 3 heteroatoms. The van der Waals surface area contributed by atoms with E-state index in [0.717, 1.165) is 0 Å². The van der Waals surface area contributed by atoms with Crippen LogP contribution in [-0.2, 0) is 4.79 Å². The molecule has 1 unspecified atom stereocenters. The standard InChI is InChI=1S/C10H22N2O/c1-7(2)8(6-11)9(13)12-10(3,4)5/h7-8H,6,11H2,1-5H3,(H,12,13). The van der Waals surface area contributed by atoms with Gasteiger partial charge in [0.1, 0.15) is 0 Å². The number of carbonyl (C=O) groups is 1. The van der Waals surface area contributed by atoms with Crippen molar-refractivity contribution >= 4 is 5.91 Å². The average Bonchev–Trinajstić information content (AvgIpc) is 1.82. The molecule has 0 aliphatic carbocycles. The van der Waals surface area contributed by atoms with Gasteiger partial charge in [-0.2, -0.15) is 0 Å². The first-order chi connectivity index (χ1) is 5.78. The van der Waals surface area contributed by atoms with Gasteiger partial charge in [0.15, 0.2) is 0 Å². The van der Waals surface area contributed by atoms with Crippen molar-refractivity contribution in [2.24, 2.45) is 17.6 Å². The van der Waals surface area contributed by atoms with Crippen molar-refractivity contribution in [3.63, 3.8) is 0 Å². The van der Waals surface area contributed by atoms with Crippen LogP contribution in [0, 0.1) is 11.8 Å². The van der Waals surface area contributed by atoms with E-state index in [9.17, 15) is 4.79 Å². The van der Waals surface area contributed by atoms with Crippen LogP contribution in [0.15, 0.2) is 0 Å². The van der Waals surface area contributed by atoms with Crippen molar-refractivity contribution in [1.82, 2.24) is 5.32 Å². The van der Waals surface area contributed by atoms with E-state index in [-0.39, 0.29) is 17.4 Å². The maximum Gasteiger partial charge on any atom is 0.225 e. The SMILES string of the molecule is CC(C)C(CN)C(=O)NC(C)(C)C. The highest BCUT2D eigenvalue weighted by Crippen LogP contribution is 2.11. The first-order valence-corrected chi connectivity index (χ1v) is 4.80. The summed E-state index contributed by atoms with van der Waals surface area (Å²) >= 11 is 0. The summed E-state index contributed by atoms with van der Waals surface area (Å²) in [6.45, 7) is 10.4. The lowest BCUT2D eigenvalue weighted by Gasteiger charge is -2.25. The van der Waals surface area contributed by atoms with Crippen LogP contribution in [0.1, 0.15) is 34.6 Å². The molecule has 1 amide bonds. The van der Waals surface area contributed by atoms with E-state index in [1.165, 1.54) is 0 Å². The number of hydrogen-bond donors (Lipinski definition) is 2. The number of carbonyl (C=O) groups excluding carboxylic acids is 1. The lowest BCUT2D eigenvalue weighted by molar-refractivity contribution is -0.127. The van der Waals surface area contributed by atoms with Gasteiger partial charge in [0.2, 0.25) is 5.91 Å². The van der Waals surface area contributed by atoms with E-state index in [1.54, 1.807) is 0 Å². The summed E-state index contributed by atoms with van der Waals surface area (Å²) in [7, 11) is 0. The van der Waals surface area contributed by atoms with E-state index in [0.29, 0.717) is 12.5 Å². The molecule has 78 valence electrons. The molecule has 0 saturated heterocycles. The molecule has 1 atom stereocenters. The van der Waals surface area contributed by atoms with E-state index in [1.807, 2.05) is 34.6 Å². The molecule has 0 fully saturated rings. The van der Waals surface area contributed by atoms with Crippen LogP contribution < -0.4 is 11.1 Å². The molecule has 0 aromatic carbocycles. The van der Waals surface area contributed by atoms with Crippen LogP contribution in [0.4, 0.5) is 0 Å². The van der Waals surface area contributed by atoms with Gasteiger partial charge in [-0.3, -0.25) is 4.79 Å². The highest BCUT2D eigenvalue weighted by atomic mass is 16.2. The first kappa shape index (κ1) is 12.4. The summed E-state index contributed by atoms with van der Waals surface area (Å²) in [5.41, 5.74) is 5.37. The molecule has 0 bridgehead atoms. The molecule has 0 spiro atoms. The normalized spacial score (nSPS) is 14.4. The van der Waals surface area contributed by atoms with Gasteiger partial charge in [0.05, 0.1) is 5.92 Å². The zero-order chi connectivity index (χ0) is 10.6. The van der Waals surface area contributed by atoms with Crippen molar-refractivity contribution < 1.29 is 4.79 Å². The van der Waals surface area contributed by atoms with Crippen LogP contribution in [0.5, 0.6) is 0 Å². The third-order valence-corrected chi connectivity index (χ3v) is 1.89. The monoisotopic (exact) mass is 186 g/mol. The molecule has 13 heavy (non-hydrogen) atoms. The fraction of sp³-hybridized carbons (Fsp3) is 0.900. The Morgan fingerprint density at radius 2 is 1.85 bits per heavy atom. The van der Waals surface area contributed by atoms with Crippen LogP contribution in [-0.4, -0.2) is 18.0 Å². The third kappa shape index (κ3) is 4.88. The molecule has 0 rings (SSSR count). The Bertz CT molecular complexity index is 170. The van der Waals surface area contributed by atoms with Gasteiger partial charge < -0.3 is 11.1 Å². The highest BCUT2D eigenvalue weighted by molar-refractivity contribution is 5.79. The zero-order valence-corrected chi connectivity index (χ0v) is 9.35. The summed E-state index contributed by atoms with van der Waals surface area (Å²) in [5.74, 6) is 0.288. The van der Waals surface area contributed by atoms with Crippen LogP contribution in [0.2, 0.25) is 0 Å². The molecule has 3 N–H and O–H groups in total. The molecule has 0 aromatic rings. The summed E-state index contributed by atoms with van der Waals surface area (Å²) in [4.78, 5) is 11.6. The lowest BCUT2D eigenvalue weighted by atomic mass is 9.94. The topological polar surface area (TPSA) is 55.1 Å². The summed E-state index contributed by atoms with van der Waals surface area (Å²) < 4.78 is 0. The summed E-state index contributed by atoms with van der Waals surface area (Å²) in [5, 5.41) is 2.93. The molecule has 0 aliphatic heterocycles. The zero-order valence-electron chi connectivity index (χ0n) is 9.35. The van der Waals surface area contributed by atoms with Crippen LogP contribution in [0.3, 0.4) is 0 Å². The minimum Gasteiger partial charge on any atom is -0.351 e. The van der Waals surface area contributed by atoms with Crippen molar-refractivity contribution in [3.8, 4) is 0 Å². The number of nitrogens with two attached hydrogens (primary N) is 1. The molecule has 3 nitrogen and oxygen atoms in total. The number of rotatable bonds is 3. The second-order valence-electron chi connectivity index (χ2n) is 4.83. The van der Waals surface area contributed by atoms with Crippen molar-refractivity contribution in [2.45, 2.75) is 40.2 Å². The van der Waals surface area contributed by atoms with Crippen molar-refractivity contribution in [2.75, 3.05) is 6.54 Å². The molecular formula is C10H22N2O. The average molecular weight is 186 g/mol. The Hall–Kier alpha value is -0.570. The Morgan fingerprint density at radius 1 is 1.38 bits per heavy atom. The quantitative estimate of drug-likeness (QED) is 0.694. The highest BCUT2D eigenvalue weighted by Gasteiger charge is 2.23. The molecule has 0 heterocycles. The predicted octanol–water partition coefficient (Wildman–Crippen LogP) is 1.13. The Kier molecular flexibility index (Phi) is 4.40. The molecule has 0 aromatic heterocycles. The van der Waals surface area contributed by atoms with E-state index >= 15 is 0 Å². The Balaban J connectivity index is 4.23. The van der Waals surface area contributed by atoms with Gasteiger partial charge in [-0.05, 0) is 26.7 Å². The van der Waals surface area contributed by atoms with Crippen LogP contribution in [0.25, 0.3) is 0 Å². The number of nitrogens with one attached hydrogen (secondary N) is 1. The second kappa shape index (κ2) is 4.61. The van der Waals surface area contributed by atoms with Gasteiger partial charge in [-0.1, -0.05) is 13.8 Å². The summed E-state index contributed by atoms with van der Waals surface area (Å²) in [6.07, 6.45) is 0. The third-order valence-electron chi connectivity index (χ3n) is 1.89. The van der Waals surface area contributed by atoms with Gasteiger partial charge >= 0.3 is 0 Å². The molecule has 0 aliphatic rings. The fourth-order valence-corrected chi connectivity index (χ4v) is 1.14. The van der Waals surface area contributed by atoms with Gasteiger partial charge in [0.25, 0.3) is 0 Å². The van der Waals surface area contributed by atoms with E-state index < -0.39 is 0 Å². The second-order valence-corrected chi connectivity index (χ2v) is 4.83. The maximum absolute atomic E-state index is 11.6. The Labute approximate surface area is 81.1 Å². The van der Waals surface area contributed by atoms with Gasteiger partial charge in [-0.25, -0.2) is 0 Å². The largest absolute Gasteiger partial charge is 0.351 e.